The molecular weight excluding hydrogens is 236 g/mol. The van der Waals surface area contributed by atoms with Gasteiger partial charge in [-0.1, -0.05) is 51.1 Å². The van der Waals surface area contributed by atoms with Gasteiger partial charge in [0.2, 0.25) is 0 Å². The van der Waals surface area contributed by atoms with E-state index in [1.54, 1.807) is 7.11 Å². The summed E-state index contributed by atoms with van der Waals surface area (Å²) in [5.41, 5.74) is 1.36. The minimum Gasteiger partial charge on any atom is -0.383 e. The van der Waals surface area contributed by atoms with Gasteiger partial charge in [0.05, 0.1) is 6.61 Å². The Labute approximate surface area is 118 Å². The predicted octanol–water partition coefficient (Wildman–Crippen LogP) is 2.52. The summed E-state index contributed by atoms with van der Waals surface area (Å²) in [4.78, 5) is 2.47. The van der Waals surface area contributed by atoms with Gasteiger partial charge < -0.3 is 10.1 Å². The zero-order chi connectivity index (χ0) is 14.1. The zero-order valence-electron chi connectivity index (χ0n) is 12.7. The highest BCUT2D eigenvalue weighted by atomic mass is 16.5. The Morgan fingerprint density at radius 2 is 1.89 bits per heavy atom. The molecule has 0 saturated carbocycles. The number of rotatable bonds is 9. The lowest BCUT2D eigenvalue weighted by Gasteiger charge is -2.31. The summed E-state index contributed by atoms with van der Waals surface area (Å²) in [5.74, 6) is 0. The maximum Gasteiger partial charge on any atom is 0.0630 e. The molecule has 1 N–H and O–H groups in total. The summed E-state index contributed by atoms with van der Waals surface area (Å²) in [7, 11) is 1.78. The highest BCUT2D eigenvalue weighted by molar-refractivity contribution is 5.14. The molecule has 3 nitrogen and oxygen atoms in total. The van der Waals surface area contributed by atoms with Gasteiger partial charge in [0.15, 0.2) is 0 Å². The first kappa shape index (κ1) is 16.2. The van der Waals surface area contributed by atoms with Crippen molar-refractivity contribution in [3.8, 4) is 0 Å². The third kappa shape index (κ3) is 6.19. The van der Waals surface area contributed by atoms with E-state index in [0.29, 0.717) is 12.1 Å². The normalized spacial score (nSPS) is 13.2. The number of ether oxygens (including phenoxy) is 1. The Balaban J connectivity index is 2.61. The van der Waals surface area contributed by atoms with Crippen LogP contribution in [-0.2, 0) is 11.3 Å². The Hall–Kier alpha value is -0.900. The van der Waals surface area contributed by atoms with E-state index in [1.165, 1.54) is 5.56 Å². The topological polar surface area (TPSA) is 24.5 Å². The molecule has 0 aliphatic rings. The number of methoxy groups -OCH3 is 1. The lowest BCUT2D eigenvalue weighted by molar-refractivity contribution is 0.0867. The summed E-state index contributed by atoms with van der Waals surface area (Å²) in [6, 6.07) is 11.5. The molecule has 0 saturated heterocycles. The molecule has 1 unspecified atom stereocenters. The lowest BCUT2D eigenvalue weighted by Crippen LogP contribution is -2.46. The highest BCUT2D eigenvalue weighted by Gasteiger charge is 2.17. The second kappa shape index (κ2) is 9.08. The largest absolute Gasteiger partial charge is 0.383 e. The Bertz CT molecular complexity index is 327. The minimum absolute atomic E-state index is 0.414. The summed E-state index contributed by atoms with van der Waals surface area (Å²) in [5, 5.41) is 3.51. The molecule has 0 radical (unpaired) electrons. The number of nitrogens with one attached hydrogen (secondary N) is 1. The Morgan fingerprint density at radius 3 is 2.42 bits per heavy atom. The predicted molar refractivity (Wildman–Crippen MR) is 81.3 cm³/mol. The van der Waals surface area contributed by atoms with Crippen LogP contribution in [0.4, 0.5) is 0 Å². The van der Waals surface area contributed by atoms with Gasteiger partial charge in [0, 0.05) is 32.3 Å². The van der Waals surface area contributed by atoms with Crippen LogP contribution >= 0.6 is 0 Å². The van der Waals surface area contributed by atoms with Crippen LogP contribution in [0.2, 0.25) is 0 Å². The Morgan fingerprint density at radius 1 is 1.21 bits per heavy atom. The van der Waals surface area contributed by atoms with Crippen molar-refractivity contribution in [2.45, 2.75) is 39.4 Å². The molecule has 0 aromatic heterocycles. The van der Waals surface area contributed by atoms with Gasteiger partial charge in [-0.05, 0) is 12.1 Å². The smallest absolute Gasteiger partial charge is 0.0630 e. The van der Waals surface area contributed by atoms with Gasteiger partial charge in [-0.3, -0.25) is 4.90 Å². The molecule has 1 atom stereocenters. The van der Waals surface area contributed by atoms with Crippen LogP contribution in [0.25, 0.3) is 0 Å². The fraction of sp³-hybridized carbons (Fsp3) is 0.625. The van der Waals surface area contributed by atoms with Crippen molar-refractivity contribution in [3.05, 3.63) is 35.9 Å². The molecule has 0 spiro atoms. The number of nitrogens with zero attached hydrogens (tertiary/aromatic N) is 1. The number of benzene rings is 1. The van der Waals surface area contributed by atoms with E-state index >= 15 is 0 Å². The number of hydrogen-bond acceptors (Lipinski definition) is 3. The van der Waals surface area contributed by atoms with Crippen molar-refractivity contribution in [3.63, 3.8) is 0 Å². The monoisotopic (exact) mass is 264 g/mol. The molecular formula is C16H28N2O. The van der Waals surface area contributed by atoms with E-state index in [9.17, 15) is 0 Å². The SMILES string of the molecule is CCN(Cc1ccccc1)C(CNC(C)C)COC. The van der Waals surface area contributed by atoms with Crippen molar-refractivity contribution in [1.82, 2.24) is 10.2 Å². The first-order valence-electron chi connectivity index (χ1n) is 7.17. The summed E-state index contributed by atoms with van der Waals surface area (Å²) in [6.07, 6.45) is 0. The van der Waals surface area contributed by atoms with Crippen LogP contribution in [0.3, 0.4) is 0 Å². The van der Waals surface area contributed by atoms with E-state index in [0.717, 1.165) is 26.2 Å². The molecule has 1 rings (SSSR count). The van der Waals surface area contributed by atoms with Crippen LogP contribution in [0.1, 0.15) is 26.3 Å². The van der Waals surface area contributed by atoms with Gasteiger partial charge in [0.1, 0.15) is 0 Å². The molecule has 0 heterocycles. The second-order valence-corrected chi connectivity index (χ2v) is 5.22. The van der Waals surface area contributed by atoms with Gasteiger partial charge in [-0.2, -0.15) is 0 Å². The van der Waals surface area contributed by atoms with Crippen LogP contribution < -0.4 is 5.32 Å². The van der Waals surface area contributed by atoms with E-state index in [-0.39, 0.29) is 0 Å². The molecule has 0 amide bonds. The van der Waals surface area contributed by atoms with E-state index < -0.39 is 0 Å². The summed E-state index contributed by atoms with van der Waals surface area (Å²) in [6.45, 7) is 10.3. The van der Waals surface area contributed by atoms with Crippen molar-refractivity contribution in [2.24, 2.45) is 0 Å². The maximum absolute atomic E-state index is 5.38. The van der Waals surface area contributed by atoms with Crippen LogP contribution in [0.5, 0.6) is 0 Å². The molecule has 0 fully saturated rings. The van der Waals surface area contributed by atoms with Crippen LogP contribution in [0.15, 0.2) is 30.3 Å². The molecule has 1 aromatic rings. The van der Waals surface area contributed by atoms with Gasteiger partial charge in [-0.25, -0.2) is 0 Å². The van der Waals surface area contributed by atoms with E-state index in [2.05, 4.69) is 61.3 Å². The van der Waals surface area contributed by atoms with Crippen molar-refractivity contribution >= 4 is 0 Å². The molecule has 0 aliphatic carbocycles. The average molecular weight is 264 g/mol. The molecule has 1 aromatic carbocycles. The fourth-order valence-corrected chi connectivity index (χ4v) is 2.17. The third-order valence-electron chi connectivity index (χ3n) is 3.27. The zero-order valence-corrected chi connectivity index (χ0v) is 12.7. The molecule has 0 bridgehead atoms. The summed E-state index contributed by atoms with van der Waals surface area (Å²) < 4.78 is 5.38. The van der Waals surface area contributed by atoms with Crippen LogP contribution in [0, 0.1) is 0 Å². The summed E-state index contributed by atoms with van der Waals surface area (Å²) >= 11 is 0. The average Bonchev–Trinajstić information content (AvgIpc) is 2.42. The number of hydrogen-bond donors (Lipinski definition) is 1. The first-order chi connectivity index (χ1) is 9.17. The fourth-order valence-electron chi connectivity index (χ4n) is 2.17. The number of likely N-dealkylation sites (N-methyl/N-ethyl adjacent to an activating group) is 1. The first-order valence-corrected chi connectivity index (χ1v) is 7.17. The maximum atomic E-state index is 5.38. The van der Waals surface area contributed by atoms with Crippen molar-refractivity contribution in [2.75, 3.05) is 26.8 Å². The van der Waals surface area contributed by atoms with Crippen molar-refractivity contribution in [1.29, 1.82) is 0 Å². The quantitative estimate of drug-likeness (QED) is 0.742. The molecule has 0 aliphatic heterocycles. The Kier molecular flexibility index (Phi) is 7.72. The lowest BCUT2D eigenvalue weighted by atomic mass is 10.1. The third-order valence-corrected chi connectivity index (χ3v) is 3.27. The second-order valence-electron chi connectivity index (χ2n) is 5.22. The van der Waals surface area contributed by atoms with Gasteiger partial charge >= 0.3 is 0 Å². The minimum atomic E-state index is 0.414. The van der Waals surface area contributed by atoms with E-state index in [4.69, 9.17) is 4.74 Å². The molecule has 3 heteroatoms. The highest BCUT2D eigenvalue weighted by Crippen LogP contribution is 2.08. The van der Waals surface area contributed by atoms with Crippen LogP contribution in [-0.4, -0.2) is 43.8 Å². The molecule has 108 valence electrons. The van der Waals surface area contributed by atoms with E-state index in [1.807, 2.05) is 0 Å². The standard InChI is InChI=1S/C16H28N2O/c1-5-18(12-15-9-7-6-8-10-15)16(13-19-4)11-17-14(2)3/h6-10,14,16-17H,5,11-13H2,1-4H3. The molecule has 19 heavy (non-hydrogen) atoms. The van der Waals surface area contributed by atoms with Crippen molar-refractivity contribution < 1.29 is 4.74 Å². The van der Waals surface area contributed by atoms with Gasteiger partial charge in [0.25, 0.3) is 0 Å². The van der Waals surface area contributed by atoms with Gasteiger partial charge in [-0.15, -0.1) is 0 Å².